The molecule has 30 heavy (non-hydrogen) atoms. The highest BCUT2D eigenvalue weighted by atomic mass is 19.1. The molecule has 5 nitrogen and oxygen atoms in total. The smallest absolute Gasteiger partial charge is 0.278 e. The summed E-state index contributed by atoms with van der Waals surface area (Å²) in [6.07, 6.45) is 3.25. The van der Waals surface area contributed by atoms with Crippen LogP contribution in [0.15, 0.2) is 84.8 Å². The number of aromatic nitrogens is 1. The quantitative estimate of drug-likeness (QED) is 0.586. The number of benzene rings is 2. The number of para-hydroxylation sites is 1. The van der Waals surface area contributed by atoms with E-state index in [1.807, 2.05) is 42.2 Å². The van der Waals surface area contributed by atoms with Crippen molar-refractivity contribution in [3.63, 3.8) is 0 Å². The molecule has 2 amide bonds. The summed E-state index contributed by atoms with van der Waals surface area (Å²) >= 11 is 0. The van der Waals surface area contributed by atoms with Gasteiger partial charge in [-0.2, -0.15) is 0 Å². The van der Waals surface area contributed by atoms with E-state index >= 15 is 0 Å². The van der Waals surface area contributed by atoms with Gasteiger partial charge in [0.05, 0.1) is 12.1 Å². The molecular formula is C24H20FN3O2. The molecule has 2 heterocycles. The van der Waals surface area contributed by atoms with Gasteiger partial charge >= 0.3 is 0 Å². The fraction of sp³-hybridized carbons (Fsp3) is 0.125. The van der Waals surface area contributed by atoms with Crippen molar-refractivity contribution in [1.82, 2.24) is 9.88 Å². The van der Waals surface area contributed by atoms with Gasteiger partial charge in [0, 0.05) is 24.6 Å². The standard InChI is InChI=1S/C24H20FN3O2/c1-2-27(20-6-4-3-5-7-20)22-21(18-8-10-19(25)11-9-18)23(29)28(24(22)30)16-17-12-14-26-15-13-17/h3-15H,2,16H2,1H3. The monoisotopic (exact) mass is 401 g/mol. The summed E-state index contributed by atoms with van der Waals surface area (Å²) in [5.74, 6) is -1.17. The van der Waals surface area contributed by atoms with Crippen molar-refractivity contribution in [2.24, 2.45) is 0 Å². The minimum absolute atomic E-state index is 0.140. The van der Waals surface area contributed by atoms with Gasteiger partial charge in [-0.1, -0.05) is 30.3 Å². The van der Waals surface area contributed by atoms with Gasteiger partial charge in [0.1, 0.15) is 11.5 Å². The Balaban J connectivity index is 1.82. The molecule has 2 aromatic carbocycles. The van der Waals surface area contributed by atoms with Crippen LogP contribution in [0.4, 0.5) is 10.1 Å². The number of imide groups is 1. The fourth-order valence-electron chi connectivity index (χ4n) is 3.58. The lowest BCUT2D eigenvalue weighted by Gasteiger charge is -2.25. The molecule has 0 saturated carbocycles. The van der Waals surface area contributed by atoms with Crippen LogP contribution < -0.4 is 4.90 Å². The first kappa shape index (κ1) is 19.5. The molecule has 0 bridgehead atoms. The third-order valence-corrected chi connectivity index (χ3v) is 5.02. The van der Waals surface area contributed by atoms with E-state index in [1.165, 1.54) is 29.2 Å². The Morgan fingerprint density at radius 3 is 2.20 bits per heavy atom. The van der Waals surface area contributed by atoms with E-state index in [0.717, 1.165) is 11.3 Å². The van der Waals surface area contributed by atoms with Gasteiger partial charge < -0.3 is 4.90 Å². The zero-order chi connectivity index (χ0) is 21.1. The minimum Gasteiger partial charge on any atom is -0.337 e. The average molecular weight is 401 g/mol. The summed E-state index contributed by atoms with van der Waals surface area (Å²) in [7, 11) is 0. The van der Waals surface area contributed by atoms with Crippen LogP contribution in [0.1, 0.15) is 18.1 Å². The summed E-state index contributed by atoms with van der Waals surface area (Å²) in [6.45, 7) is 2.55. The van der Waals surface area contributed by atoms with E-state index in [1.54, 1.807) is 24.5 Å². The lowest BCUT2D eigenvalue weighted by Crippen LogP contribution is -2.34. The van der Waals surface area contributed by atoms with Crippen LogP contribution >= 0.6 is 0 Å². The molecule has 6 heteroatoms. The Kier molecular flexibility index (Phi) is 5.39. The van der Waals surface area contributed by atoms with Gasteiger partial charge in [0.25, 0.3) is 11.8 Å². The van der Waals surface area contributed by atoms with E-state index in [4.69, 9.17) is 0 Å². The summed E-state index contributed by atoms with van der Waals surface area (Å²) < 4.78 is 13.5. The molecule has 0 spiro atoms. The average Bonchev–Trinajstić information content (AvgIpc) is 3.01. The zero-order valence-electron chi connectivity index (χ0n) is 16.5. The highest BCUT2D eigenvalue weighted by Crippen LogP contribution is 2.35. The van der Waals surface area contributed by atoms with Gasteiger partial charge in [-0.05, 0) is 54.4 Å². The molecule has 3 aromatic rings. The number of pyridine rings is 1. The van der Waals surface area contributed by atoms with Gasteiger partial charge in [-0.3, -0.25) is 19.5 Å². The van der Waals surface area contributed by atoms with Gasteiger partial charge in [0.15, 0.2) is 0 Å². The largest absolute Gasteiger partial charge is 0.337 e. The molecule has 0 atom stereocenters. The Hall–Kier alpha value is -3.80. The molecule has 1 aliphatic rings. The number of rotatable bonds is 6. The van der Waals surface area contributed by atoms with Crippen molar-refractivity contribution >= 4 is 23.1 Å². The Morgan fingerprint density at radius 2 is 1.57 bits per heavy atom. The Morgan fingerprint density at radius 1 is 0.900 bits per heavy atom. The van der Waals surface area contributed by atoms with Crippen LogP contribution in [0.25, 0.3) is 5.57 Å². The van der Waals surface area contributed by atoms with Crippen LogP contribution in [0.5, 0.6) is 0 Å². The number of amides is 2. The van der Waals surface area contributed by atoms with Crippen molar-refractivity contribution in [1.29, 1.82) is 0 Å². The predicted octanol–water partition coefficient (Wildman–Crippen LogP) is 4.03. The fourth-order valence-corrected chi connectivity index (χ4v) is 3.58. The maximum absolute atomic E-state index is 13.5. The summed E-state index contributed by atoms with van der Waals surface area (Å²) in [5, 5.41) is 0. The summed E-state index contributed by atoms with van der Waals surface area (Å²) in [4.78, 5) is 33.9. The molecule has 0 unspecified atom stereocenters. The highest BCUT2D eigenvalue weighted by molar-refractivity contribution is 6.36. The number of carbonyl (C=O) groups is 2. The lowest BCUT2D eigenvalue weighted by atomic mass is 10.0. The number of halogens is 1. The molecular weight excluding hydrogens is 381 g/mol. The number of likely N-dealkylation sites (N-methyl/N-ethyl adjacent to an activating group) is 1. The molecule has 0 fully saturated rings. The second kappa shape index (κ2) is 8.29. The highest BCUT2D eigenvalue weighted by Gasteiger charge is 2.41. The number of hydrogen-bond acceptors (Lipinski definition) is 4. The van der Waals surface area contributed by atoms with E-state index in [2.05, 4.69) is 4.98 Å². The first-order valence-corrected chi connectivity index (χ1v) is 9.68. The first-order chi connectivity index (χ1) is 14.6. The molecule has 4 rings (SSSR count). The van der Waals surface area contributed by atoms with Crippen molar-refractivity contribution in [2.45, 2.75) is 13.5 Å². The number of carbonyl (C=O) groups excluding carboxylic acids is 2. The first-order valence-electron chi connectivity index (χ1n) is 9.68. The van der Waals surface area contributed by atoms with E-state index in [9.17, 15) is 14.0 Å². The lowest BCUT2D eigenvalue weighted by molar-refractivity contribution is -0.137. The van der Waals surface area contributed by atoms with Crippen LogP contribution in [0.2, 0.25) is 0 Å². The number of anilines is 1. The van der Waals surface area contributed by atoms with Gasteiger partial charge in [0.2, 0.25) is 0 Å². The topological polar surface area (TPSA) is 53.5 Å². The molecule has 1 aromatic heterocycles. The van der Waals surface area contributed by atoms with Gasteiger partial charge in [-0.15, -0.1) is 0 Å². The molecule has 0 saturated heterocycles. The predicted molar refractivity (Wildman–Crippen MR) is 113 cm³/mol. The van der Waals surface area contributed by atoms with Crippen LogP contribution in [0.3, 0.4) is 0 Å². The minimum atomic E-state index is -0.401. The van der Waals surface area contributed by atoms with Crippen molar-refractivity contribution in [2.75, 3.05) is 11.4 Å². The molecule has 1 aliphatic heterocycles. The third kappa shape index (κ3) is 3.59. The second-order valence-corrected chi connectivity index (χ2v) is 6.86. The van der Waals surface area contributed by atoms with E-state index < -0.39 is 11.7 Å². The maximum Gasteiger partial charge on any atom is 0.278 e. The van der Waals surface area contributed by atoms with Crippen LogP contribution in [-0.4, -0.2) is 28.2 Å². The number of hydrogen-bond donors (Lipinski definition) is 0. The SMILES string of the molecule is CCN(C1=C(c2ccc(F)cc2)C(=O)N(Cc2ccncc2)C1=O)c1ccccc1. The third-order valence-electron chi connectivity index (χ3n) is 5.02. The number of nitrogens with zero attached hydrogens (tertiary/aromatic N) is 3. The van der Waals surface area contributed by atoms with Crippen molar-refractivity contribution < 1.29 is 14.0 Å². The second-order valence-electron chi connectivity index (χ2n) is 6.86. The van der Waals surface area contributed by atoms with E-state index in [-0.39, 0.29) is 18.0 Å². The normalized spacial score (nSPS) is 13.9. The Bertz CT molecular complexity index is 1100. The molecule has 150 valence electrons. The van der Waals surface area contributed by atoms with Gasteiger partial charge in [-0.25, -0.2) is 4.39 Å². The summed E-state index contributed by atoms with van der Waals surface area (Å²) in [6, 6.07) is 18.6. The molecule has 0 N–H and O–H groups in total. The Labute approximate surface area is 174 Å². The summed E-state index contributed by atoms with van der Waals surface area (Å²) in [5.41, 5.74) is 2.70. The molecule has 0 radical (unpaired) electrons. The van der Waals surface area contributed by atoms with E-state index in [0.29, 0.717) is 17.8 Å². The van der Waals surface area contributed by atoms with Crippen molar-refractivity contribution in [3.8, 4) is 0 Å². The van der Waals surface area contributed by atoms with Crippen LogP contribution in [0, 0.1) is 5.82 Å². The molecule has 0 aliphatic carbocycles. The van der Waals surface area contributed by atoms with Crippen LogP contribution in [-0.2, 0) is 16.1 Å². The maximum atomic E-state index is 13.5. The zero-order valence-corrected chi connectivity index (χ0v) is 16.5. The van der Waals surface area contributed by atoms with Crippen molar-refractivity contribution in [3.05, 3.63) is 102 Å².